The van der Waals surface area contributed by atoms with Crippen molar-refractivity contribution in [3.63, 3.8) is 0 Å². The van der Waals surface area contributed by atoms with Gasteiger partial charge in [-0.25, -0.2) is 0 Å². The highest BCUT2D eigenvalue weighted by Crippen LogP contribution is 2.40. The van der Waals surface area contributed by atoms with E-state index in [4.69, 9.17) is 4.74 Å². The summed E-state index contributed by atoms with van der Waals surface area (Å²) in [6.45, 7) is 7.52. The van der Waals surface area contributed by atoms with Gasteiger partial charge >= 0.3 is 5.97 Å². The smallest absolute Gasteiger partial charge is 0.325 e. The fourth-order valence-corrected chi connectivity index (χ4v) is 3.68. The predicted molar refractivity (Wildman–Crippen MR) is 109 cm³/mol. The number of aryl methyl sites for hydroxylation is 2. The molecule has 1 saturated heterocycles. The van der Waals surface area contributed by atoms with Crippen LogP contribution in [-0.2, 0) is 27.2 Å². The number of amides is 1. The highest BCUT2D eigenvalue weighted by molar-refractivity contribution is 5.93. The Morgan fingerprint density at radius 1 is 1.43 bits per heavy atom. The van der Waals surface area contributed by atoms with Gasteiger partial charge in [-0.3, -0.25) is 9.59 Å². The normalized spacial score (nSPS) is 18.9. The van der Waals surface area contributed by atoms with Crippen LogP contribution < -0.4 is 0 Å². The van der Waals surface area contributed by atoms with Crippen LogP contribution >= 0.6 is 0 Å². The van der Waals surface area contributed by atoms with E-state index in [2.05, 4.69) is 18.9 Å². The molecule has 3 rings (SSSR count). The van der Waals surface area contributed by atoms with Crippen molar-refractivity contribution in [2.75, 3.05) is 19.7 Å². The number of carbonyl (C=O) groups excluding carboxylic acids is 2. The van der Waals surface area contributed by atoms with Crippen LogP contribution in [0.15, 0.2) is 36.4 Å². The van der Waals surface area contributed by atoms with Crippen LogP contribution in [0, 0.1) is 12.3 Å². The van der Waals surface area contributed by atoms with Crippen LogP contribution in [-0.4, -0.2) is 41.6 Å². The summed E-state index contributed by atoms with van der Waals surface area (Å²) in [6, 6.07) is 3.77. The summed E-state index contributed by atoms with van der Waals surface area (Å²) >= 11 is 0. The maximum Gasteiger partial charge on any atom is 0.325 e. The lowest BCUT2D eigenvalue weighted by Crippen LogP contribution is -2.33. The number of carbonyl (C=O) groups is 2. The molecule has 0 radical (unpaired) electrons. The fourth-order valence-electron chi connectivity index (χ4n) is 3.68. The van der Waals surface area contributed by atoms with E-state index in [1.54, 1.807) is 13.0 Å². The number of hydrogen-bond acceptors (Lipinski definition) is 4. The number of aromatic hydroxyl groups is 1. The van der Waals surface area contributed by atoms with Crippen LogP contribution in [0.1, 0.15) is 42.9 Å². The van der Waals surface area contributed by atoms with Gasteiger partial charge in [0.1, 0.15) is 12.3 Å². The monoisotopic (exact) mass is 381 g/mol. The molecule has 28 heavy (non-hydrogen) atoms. The van der Waals surface area contributed by atoms with Crippen LogP contribution in [0.5, 0.6) is 5.75 Å². The van der Waals surface area contributed by atoms with Gasteiger partial charge in [0.2, 0.25) is 5.91 Å². The first-order chi connectivity index (χ1) is 13.5. The van der Waals surface area contributed by atoms with E-state index >= 15 is 0 Å². The number of fused-ring (bicyclic) bond motifs is 1. The molecular weight excluding hydrogens is 354 g/mol. The Balaban J connectivity index is 0.000000640. The molecule has 1 amide bonds. The first-order valence-electron chi connectivity index (χ1n) is 9.47. The number of rotatable bonds is 4. The van der Waals surface area contributed by atoms with Crippen molar-refractivity contribution >= 4 is 11.9 Å². The topological polar surface area (TPSA) is 66.8 Å². The lowest BCUT2D eigenvalue weighted by atomic mass is 9.90. The number of ether oxygens (including phenoxy) is 1. The minimum absolute atomic E-state index is 0.0494. The zero-order chi connectivity index (χ0) is 20.7. The molecular formula is C23H27NO4. The second-order valence-corrected chi connectivity index (χ2v) is 6.70. The molecule has 1 N–H and O–H groups in total. The van der Waals surface area contributed by atoms with E-state index in [-0.39, 0.29) is 18.2 Å². The second kappa shape index (κ2) is 9.80. The van der Waals surface area contributed by atoms with Gasteiger partial charge in [0, 0.05) is 12.1 Å². The Morgan fingerprint density at radius 3 is 2.64 bits per heavy atom. The molecule has 1 aliphatic carbocycles. The van der Waals surface area contributed by atoms with Crippen molar-refractivity contribution in [2.45, 2.75) is 39.0 Å². The van der Waals surface area contributed by atoms with Gasteiger partial charge in [-0.05, 0) is 62.0 Å². The van der Waals surface area contributed by atoms with Crippen molar-refractivity contribution in [3.8, 4) is 18.1 Å². The fraction of sp³-hybridized carbons (Fsp3) is 0.391. The van der Waals surface area contributed by atoms with Crippen LogP contribution in [0.25, 0.3) is 0 Å². The molecule has 1 heterocycles. The number of likely N-dealkylation sites (tertiary alicyclic amines) is 1. The predicted octanol–water partition coefficient (Wildman–Crippen LogP) is 3.12. The van der Waals surface area contributed by atoms with Gasteiger partial charge in [-0.1, -0.05) is 24.6 Å². The SMILES string of the molecule is C#CC=C.C/C=C1\CN(CC(=O)OCC)C(=O)C1c1cc2c(cc1O)CCC2. The summed E-state index contributed by atoms with van der Waals surface area (Å²) in [5.41, 5.74) is 3.96. The van der Waals surface area contributed by atoms with Gasteiger partial charge in [-0.15, -0.1) is 6.42 Å². The summed E-state index contributed by atoms with van der Waals surface area (Å²) in [6.07, 6.45) is 11.0. The Hall–Kier alpha value is -3.00. The van der Waals surface area contributed by atoms with E-state index in [1.807, 2.05) is 19.1 Å². The summed E-state index contributed by atoms with van der Waals surface area (Å²) in [4.78, 5) is 26.1. The molecule has 5 heteroatoms. The molecule has 0 bridgehead atoms. The lowest BCUT2D eigenvalue weighted by molar-refractivity contribution is -0.147. The number of phenols is 1. The number of phenolic OH excluding ortho intramolecular Hbond substituents is 1. The maximum absolute atomic E-state index is 12.8. The molecule has 0 aromatic heterocycles. The van der Waals surface area contributed by atoms with E-state index in [9.17, 15) is 14.7 Å². The number of hydrogen-bond donors (Lipinski definition) is 1. The number of esters is 1. The summed E-state index contributed by atoms with van der Waals surface area (Å²) in [5.74, 6) is 1.31. The molecule has 0 saturated carbocycles. The average molecular weight is 381 g/mol. The molecule has 1 atom stereocenters. The van der Waals surface area contributed by atoms with Crippen LogP contribution in [0.3, 0.4) is 0 Å². The van der Waals surface area contributed by atoms with Crippen molar-refractivity contribution in [2.24, 2.45) is 0 Å². The van der Waals surface area contributed by atoms with Crippen molar-refractivity contribution < 1.29 is 19.4 Å². The Morgan fingerprint density at radius 2 is 2.07 bits per heavy atom. The Bertz CT molecular complexity index is 832. The molecule has 5 nitrogen and oxygen atoms in total. The number of benzene rings is 1. The number of allylic oxidation sites excluding steroid dienone is 2. The quantitative estimate of drug-likeness (QED) is 0.494. The van der Waals surface area contributed by atoms with E-state index in [0.29, 0.717) is 18.7 Å². The first kappa shape index (κ1) is 21.3. The van der Waals surface area contributed by atoms with Crippen molar-refractivity contribution in [3.05, 3.63) is 53.1 Å². The van der Waals surface area contributed by atoms with Crippen LogP contribution in [0.2, 0.25) is 0 Å². The highest BCUT2D eigenvalue weighted by Gasteiger charge is 2.39. The molecule has 1 fully saturated rings. The van der Waals surface area contributed by atoms with Crippen molar-refractivity contribution in [1.29, 1.82) is 0 Å². The van der Waals surface area contributed by atoms with Gasteiger partial charge in [-0.2, -0.15) is 0 Å². The largest absolute Gasteiger partial charge is 0.508 e. The van der Waals surface area contributed by atoms with E-state index < -0.39 is 11.9 Å². The third-order valence-electron chi connectivity index (χ3n) is 4.97. The van der Waals surface area contributed by atoms with E-state index in [1.165, 1.54) is 22.1 Å². The highest BCUT2D eigenvalue weighted by atomic mass is 16.5. The zero-order valence-corrected chi connectivity index (χ0v) is 16.5. The van der Waals surface area contributed by atoms with Gasteiger partial charge in [0.25, 0.3) is 0 Å². The summed E-state index contributed by atoms with van der Waals surface area (Å²) < 4.78 is 4.94. The van der Waals surface area contributed by atoms with E-state index in [0.717, 1.165) is 24.8 Å². The van der Waals surface area contributed by atoms with Gasteiger partial charge in [0.05, 0.1) is 12.5 Å². The second-order valence-electron chi connectivity index (χ2n) is 6.70. The molecule has 2 aliphatic rings. The Kier molecular flexibility index (Phi) is 7.45. The van der Waals surface area contributed by atoms with Gasteiger partial charge in [0.15, 0.2) is 0 Å². The molecule has 1 aromatic rings. The average Bonchev–Trinajstić information content (AvgIpc) is 3.25. The third-order valence-corrected chi connectivity index (χ3v) is 4.97. The lowest BCUT2D eigenvalue weighted by Gasteiger charge is -2.16. The van der Waals surface area contributed by atoms with Gasteiger partial charge < -0.3 is 14.7 Å². The molecule has 1 aromatic carbocycles. The van der Waals surface area contributed by atoms with Crippen LogP contribution in [0.4, 0.5) is 0 Å². The maximum atomic E-state index is 12.8. The first-order valence-corrected chi connectivity index (χ1v) is 9.47. The number of terminal acetylenes is 1. The molecule has 148 valence electrons. The Labute approximate surface area is 166 Å². The summed E-state index contributed by atoms with van der Waals surface area (Å²) in [5, 5.41) is 10.4. The van der Waals surface area contributed by atoms with Crippen molar-refractivity contribution in [1.82, 2.24) is 4.90 Å². The molecule has 1 aliphatic heterocycles. The standard InChI is InChI=1S/C19H23NO4.C4H4/c1-3-12-10-20(11-17(22)24-4-2)19(23)18(12)15-8-13-6-5-7-14(13)9-16(15)21;1-3-4-2/h3,8-9,18,21H,4-7,10-11H2,1-2H3;1,4H,2H2/b12-3+;. The minimum Gasteiger partial charge on any atom is -0.508 e. The molecule has 0 spiro atoms. The number of nitrogens with zero attached hydrogens (tertiary/aromatic N) is 1. The molecule has 1 unspecified atom stereocenters. The summed E-state index contributed by atoms with van der Waals surface area (Å²) in [7, 11) is 0. The minimum atomic E-state index is -0.504. The zero-order valence-electron chi connectivity index (χ0n) is 16.5. The third kappa shape index (κ3) is 4.64.